The lowest BCUT2D eigenvalue weighted by molar-refractivity contribution is -0.152. The molecular formula is C32H34N2O6. The van der Waals surface area contributed by atoms with Gasteiger partial charge in [0, 0.05) is 11.6 Å². The molecule has 0 bridgehead atoms. The van der Waals surface area contributed by atoms with Crippen LogP contribution in [0.25, 0.3) is 0 Å². The molecule has 3 aromatic rings. The highest BCUT2D eigenvalue weighted by atomic mass is 16.5. The second kappa shape index (κ2) is 13.1. The predicted octanol–water partition coefficient (Wildman–Crippen LogP) is 3.97. The Hall–Kier alpha value is -4.46. The first-order chi connectivity index (χ1) is 19.3. The number of carbonyl (C=O) groups excluding carboxylic acids is 4. The molecule has 40 heavy (non-hydrogen) atoms. The average Bonchev–Trinajstić information content (AvgIpc) is 3.41. The van der Waals surface area contributed by atoms with E-state index in [-0.39, 0.29) is 31.0 Å². The van der Waals surface area contributed by atoms with Crippen molar-refractivity contribution < 1.29 is 28.7 Å². The minimum Gasteiger partial charge on any atom is -0.465 e. The van der Waals surface area contributed by atoms with Gasteiger partial charge in [-0.3, -0.25) is 14.4 Å². The number of fused-ring (bicyclic) bond motifs is 1. The summed E-state index contributed by atoms with van der Waals surface area (Å²) in [4.78, 5) is 53.4. The predicted molar refractivity (Wildman–Crippen MR) is 149 cm³/mol. The number of carbonyl (C=O) groups is 4. The highest BCUT2D eigenvalue weighted by molar-refractivity contribution is 5.99. The van der Waals surface area contributed by atoms with Gasteiger partial charge in [0.1, 0.15) is 19.2 Å². The van der Waals surface area contributed by atoms with Crippen LogP contribution in [-0.2, 0) is 38.5 Å². The number of methoxy groups -OCH3 is 1. The van der Waals surface area contributed by atoms with Gasteiger partial charge in [-0.15, -0.1) is 0 Å². The second-order valence-corrected chi connectivity index (χ2v) is 10.2. The zero-order valence-electron chi connectivity index (χ0n) is 23.0. The van der Waals surface area contributed by atoms with Gasteiger partial charge < -0.3 is 19.7 Å². The molecule has 0 unspecified atom stereocenters. The molecule has 0 saturated heterocycles. The molecule has 0 radical (unpaired) electrons. The van der Waals surface area contributed by atoms with Crippen LogP contribution in [0.1, 0.15) is 51.3 Å². The Balaban J connectivity index is 1.51. The van der Waals surface area contributed by atoms with Crippen LogP contribution < -0.4 is 5.32 Å². The Morgan fingerprint density at radius 3 is 2.00 bits per heavy atom. The third-order valence-electron chi connectivity index (χ3n) is 7.08. The lowest BCUT2D eigenvalue weighted by atomic mass is 10.00. The molecule has 208 valence electrons. The Morgan fingerprint density at radius 1 is 0.850 bits per heavy atom. The van der Waals surface area contributed by atoms with Gasteiger partial charge in [-0.2, -0.15) is 0 Å². The van der Waals surface area contributed by atoms with Crippen molar-refractivity contribution in [1.29, 1.82) is 0 Å². The summed E-state index contributed by atoms with van der Waals surface area (Å²) in [7, 11) is 1.29. The molecule has 0 spiro atoms. The van der Waals surface area contributed by atoms with E-state index in [4.69, 9.17) is 9.47 Å². The summed E-state index contributed by atoms with van der Waals surface area (Å²) in [6, 6.07) is 22.2. The van der Waals surface area contributed by atoms with E-state index in [2.05, 4.69) is 5.32 Å². The van der Waals surface area contributed by atoms with Crippen molar-refractivity contribution in [3.05, 3.63) is 107 Å². The van der Waals surface area contributed by atoms with Crippen LogP contribution in [0.3, 0.4) is 0 Å². The minimum absolute atomic E-state index is 0.110. The molecule has 0 fully saturated rings. The van der Waals surface area contributed by atoms with E-state index in [1.807, 2.05) is 68.4 Å². The summed E-state index contributed by atoms with van der Waals surface area (Å²) in [5.41, 5.74) is 3.75. The topological polar surface area (TPSA) is 102 Å². The van der Waals surface area contributed by atoms with Crippen molar-refractivity contribution >= 4 is 23.8 Å². The van der Waals surface area contributed by atoms with Gasteiger partial charge in [-0.1, -0.05) is 68.4 Å². The van der Waals surface area contributed by atoms with Gasteiger partial charge in [-0.05, 0) is 59.7 Å². The fraction of sp³-hybridized carbons (Fsp3) is 0.312. The average molecular weight is 543 g/mol. The van der Waals surface area contributed by atoms with E-state index in [1.54, 1.807) is 4.90 Å². The van der Waals surface area contributed by atoms with Crippen LogP contribution in [-0.4, -0.2) is 54.4 Å². The van der Waals surface area contributed by atoms with E-state index < -0.39 is 23.9 Å². The maximum atomic E-state index is 14.0. The van der Waals surface area contributed by atoms with Crippen molar-refractivity contribution in [2.24, 2.45) is 5.92 Å². The number of benzene rings is 3. The van der Waals surface area contributed by atoms with Crippen LogP contribution >= 0.6 is 0 Å². The molecule has 1 aliphatic carbocycles. The number of nitrogens with one attached hydrogen (secondary N) is 1. The number of hydrogen-bond acceptors (Lipinski definition) is 6. The van der Waals surface area contributed by atoms with Crippen LogP contribution in [0, 0.1) is 5.92 Å². The number of esters is 2. The number of nitrogens with zero attached hydrogens (tertiary/aromatic N) is 1. The third-order valence-corrected chi connectivity index (χ3v) is 7.08. The highest BCUT2D eigenvalue weighted by Gasteiger charge is 2.37. The molecule has 8 heteroatoms. The fourth-order valence-corrected chi connectivity index (χ4v) is 4.86. The maximum Gasteiger partial charge on any atom is 0.337 e. The van der Waals surface area contributed by atoms with Gasteiger partial charge in [0.15, 0.2) is 0 Å². The molecule has 3 aromatic carbocycles. The number of amides is 2. The summed E-state index contributed by atoms with van der Waals surface area (Å²) in [6.45, 7) is 3.58. The molecule has 1 atom stereocenters. The number of hydrogen-bond donors (Lipinski definition) is 1. The van der Waals surface area contributed by atoms with Crippen molar-refractivity contribution in [3.63, 3.8) is 0 Å². The molecule has 1 aliphatic rings. The first-order valence-electron chi connectivity index (χ1n) is 13.3. The Labute approximate surface area is 234 Å². The monoisotopic (exact) mass is 542 g/mol. The van der Waals surface area contributed by atoms with E-state index in [0.717, 1.165) is 16.7 Å². The Morgan fingerprint density at radius 2 is 1.43 bits per heavy atom. The van der Waals surface area contributed by atoms with Gasteiger partial charge in [0.25, 0.3) is 5.91 Å². The smallest absolute Gasteiger partial charge is 0.337 e. The largest absolute Gasteiger partial charge is 0.465 e. The summed E-state index contributed by atoms with van der Waals surface area (Å²) in [5.74, 6) is -2.07. The summed E-state index contributed by atoms with van der Waals surface area (Å²) >= 11 is 0. The molecule has 2 amide bonds. The first kappa shape index (κ1) is 28.5. The highest BCUT2D eigenvalue weighted by Crippen LogP contribution is 2.26. The SMILES string of the molecule is COC(=O)c1ccc(C(=O)N[C@H](C(=O)N(CC(=O)OCc2ccccc2)C2Cc3ccccc3C2)C(C)C)cc1. The molecule has 0 saturated carbocycles. The van der Waals surface area contributed by atoms with Gasteiger partial charge in [0.05, 0.1) is 12.7 Å². The normalized spacial score (nSPS) is 13.3. The zero-order valence-corrected chi connectivity index (χ0v) is 23.0. The summed E-state index contributed by atoms with van der Waals surface area (Å²) in [6.07, 6.45) is 1.23. The zero-order chi connectivity index (χ0) is 28.6. The van der Waals surface area contributed by atoms with E-state index in [9.17, 15) is 19.2 Å². The van der Waals surface area contributed by atoms with Crippen LogP contribution in [0.4, 0.5) is 0 Å². The van der Waals surface area contributed by atoms with Crippen molar-refractivity contribution in [1.82, 2.24) is 10.2 Å². The van der Waals surface area contributed by atoms with E-state index in [0.29, 0.717) is 24.0 Å². The van der Waals surface area contributed by atoms with Crippen LogP contribution in [0.15, 0.2) is 78.9 Å². The number of ether oxygens (including phenoxy) is 2. The molecule has 0 aromatic heterocycles. The summed E-state index contributed by atoms with van der Waals surface area (Å²) in [5, 5.41) is 2.85. The molecule has 0 aliphatic heterocycles. The van der Waals surface area contributed by atoms with Crippen LogP contribution in [0.5, 0.6) is 0 Å². The number of rotatable bonds is 10. The molecule has 8 nitrogen and oxygen atoms in total. The van der Waals surface area contributed by atoms with Gasteiger partial charge in [0.2, 0.25) is 5.91 Å². The van der Waals surface area contributed by atoms with Crippen molar-refractivity contribution in [2.45, 2.75) is 45.4 Å². The molecule has 4 rings (SSSR count). The van der Waals surface area contributed by atoms with Crippen LogP contribution in [0.2, 0.25) is 0 Å². The Kier molecular flexibility index (Phi) is 9.32. The molecular weight excluding hydrogens is 508 g/mol. The quantitative estimate of drug-likeness (QED) is 0.389. The first-order valence-corrected chi connectivity index (χ1v) is 13.3. The molecule has 0 heterocycles. The minimum atomic E-state index is -0.876. The second-order valence-electron chi connectivity index (χ2n) is 10.2. The maximum absolute atomic E-state index is 14.0. The fourth-order valence-electron chi connectivity index (χ4n) is 4.86. The van der Waals surface area contributed by atoms with Crippen molar-refractivity contribution in [3.8, 4) is 0 Å². The summed E-state index contributed by atoms with van der Waals surface area (Å²) < 4.78 is 10.2. The molecule has 1 N–H and O–H groups in total. The standard InChI is InChI=1S/C32H34N2O6/c1-21(2)29(33-30(36)23-13-15-24(16-14-23)32(38)39-3)31(37)34(27-17-25-11-7-8-12-26(25)18-27)19-28(35)40-20-22-9-5-4-6-10-22/h4-16,21,27,29H,17-20H2,1-3H3,(H,33,36)/t29-/m0/s1. The van der Waals surface area contributed by atoms with Gasteiger partial charge >= 0.3 is 11.9 Å². The third kappa shape index (κ3) is 6.94. The lowest BCUT2D eigenvalue weighted by Gasteiger charge is -2.33. The van der Waals surface area contributed by atoms with Crippen molar-refractivity contribution in [2.75, 3.05) is 13.7 Å². The van der Waals surface area contributed by atoms with Gasteiger partial charge in [-0.25, -0.2) is 4.79 Å². The van der Waals surface area contributed by atoms with E-state index in [1.165, 1.54) is 31.4 Å². The Bertz CT molecular complexity index is 1330. The lowest BCUT2D eigenvalue weighted by Crippen LogP contribution is -2.55. The van der Waals surface area contributed by atoms with E-state index >= 15 is 0 Å².